The van der Waals surface area contributed by atoms with Crippen molar-refractivity contribution in [1.29, 1.82) is 0 Å². The average Bonchev–Trinajstić information content (AvgIpc) is 2.94. The van der Waals surface area contributed by atoms with E-state index in [0.29, 0.717) is 13.0 Å². The molecule has 1 aliphatic heterocycles. The maximum Gasteiger partial charge on any atom is 0.169 e. The molecule has 2 rings (SSSR count). The summed E-state index contributed by atoms with van der Waals surface area (Å²) >= 11 is 0. The standard InChI is InChI=1S/C19H34O3/c1-2-3-4-5-6-7-8-10-13-17(20)18-16-21-19(22-18)14-11-9-12-15-19/h18H,2-16H2,1H3/t18-/m1/s1. The molecule has 1 saturated heterocycles. The first-order chi connectivity index (χ1) is 10.8. The topological polar surface area (TPSA) is 35.5 Å². The molecule has 0 N–H and O–H groups in total. The van der Waals surface area contributed by atoms with Gasteiger partial charge in [0.05, 0.1) is 6.61 Å². The second-order valence-electron chi connectivity index (χ2n) is 7.08. The van der Waals surface area contributed by atoms with Gasteiger partial charge in [-0.3, -0.25) is 4.79 Å². The van der Waals surface area contributed by atoms with Crippen molar-refractivity contribution < 1.29 is 14.3 Å². The average molecular weight is 310 g/mol. The van der Waals surface area contributed by atoms with Crippen LogP contribution in [0.1, 0.15) is 96.8 Å². The highest BCUT2D eigenvalue weighted by molar-refractivity contribution is 5.83. The summed E-state index contributed by atoms with van der Waals surface area (Å²) in [5.74, 6) is -0.147. The van der Waals surface area contributed by atoms with E-state index in [4.69, 9.17) is 9.47 Å². The van der Waals surface area contributed by atoms with Gasteiger partial charge in [-0.1, -0.05) is 58.3 Å². The van der Waals surface area contributed by atoms with Crippen molar-refractivity contribution >= 4 is 5.78 Å². The van der Waals surface area contributed by atoms with Crippen LogP contribution in [0, 0.1) is 0 Å². The van der Waals surface area contributed by atoms with Crippen molar-refractivity contribution in [1.82, 2.24) is 0 Å². The molecule has 0 aromatic rings. The Bertz CT molecular complexity index is 321. The van der Waals surface area contributed by atoms with E-state index in [-0.39, 0.29) is 11.9 Å². The summed E-state index contributed by atoms with van der Waals surface area (Å²) in [7, 11) is 0. The van der Waals surface area contributed by atoms with Gasteiger partial charge in [0, 0.05) is 19.3 Å². The van der Waals surface area contributed by atoms with Crippen molar-refractivity contribution in [3.05, 3.63) is 0 Å². The van der Waals surface area contributed by atoms with Crippen LogP contribution in [0.15, 0.2) is 0 Å². The molecular formula is C19H34O3. The number of hydrogen-bond donors (Lipinski definition) is 0. The van der Waals surface area contributed by atoms with E-state index in [0.717, 1.165) is 19.3 Å². The zero-order valence-corrected chi connectivity index (χ0v) is 14.4. The first kappa shape index (κ1) is 17.9. The highest BCUT2D eigenvalue weighted by atomic mass is 16.7. The van der Waals surface area contributed by atoms with E-state index in [1.54, 1.807) is 0 Å². The van der Waals surface area contributed by atoms with E-state index in [2.05, 4.69) is 6.92 Å². The van der Waals surface area contributed by atoms with Gasteiger partial charge in [-0.15, -0.1) is 0 Å². The minimum absolute atomic E-state index is 0.258. The zero-order chi connectivity index (χ0) is 15.7. The van der Waals surface area contributed by atoms with E-state index >= 15 is 0 Å². The van der Waals surface area contributed by atoms with Gasteiger partial charge in [0.2, 0.25) is 0 Å². The Hall–Kier alpha value is -0.410. The second-order valence-corrected chi connectivity index (χ2v) is 7.08. The van der Waals surface area contributed by atoms with Crippen LogP contribution in [-0.2, 0) is 14.3 Å². The third kappa shape index (κ3) is 5.66. The number of unbranched alkanes of at least 4 members (excludes halogenated alkanes) is 7. The van der Waals surface area contributed by atoms with Crippen molar-refractivity contribution in [2.24, 2.45) is 0 Å². The summed E-state index contributed by atoms with van der Waals surface area (Å²) in [5, 5.41) is 0. The van der Waals surface area contributed by atoms with Gasteiger partial charge in [-0.2, -0.15) is 0 Å². The SMILES string of the molecule is CCCCCCCCCCC(=O)[C@H]1COC2(CCCCC2)O1. The Morgan fingerprint density at radius 2 is 1.59 bits per heavy atom. The summed E-state index contributed by atoms with van der Waals surface area (Å²) in [6.07, 6.45) is 16.1. The van der Waals surface area contributed by atoms with Crippen molar-refractivity contribution in [2.75, 3.05) is 6.61 Å². The van der Waals surface area contributed by atoms with Gasteiger partial charge in [-0.25, -0.2) is 0 Å². The van der Waals surface area contributed by atoms with Gasteiger partial charge in [0.15, 0.2) is 11.6 Å². The van der Waals surface area contributed by atoms with Crippen LogP contribution in [0.2, 0.25) is 0 Å². The number of hydrogen-bond acceptors (Lipinski definition) is 3. The first-order valence-corrected chi connectivity index (χ1v) is 9.60. The molecule has 0 amide bonds. The summed E-state index contributed by atoms with van der Waals surface area (Å²) in [5.41, 5.74) is 0. The van der Waals surface area contributed by atoms with Crippen LogP contribution >= 0.6 is 0 Å². The van der Waals surface area contributed by atoms with Crippen molar-refractivity contribution in [3.63, 3.8) is 0 Å². The Balaban J connectivity index is 1.53. The molecule has 1 heterocycles. The lowest BCUT2D eigenvalue weighted by Crippen LogP contribution is -2.34. The summed E-state index contributed by atoms with van der Waals surface area (Å²) < 4.78 is 11.9. The smallest absolute Gasteiger partial charge is 0.169 e. The van der Waals surface area contributed by atoms with Crippen molar-refractivity contribution in [2.45, 2.75) is 109 Å². The lowest BCUT2D eigenvalue weighted by Gasteiger charge is -2.31. The first-order valence-electron chi connectivity index (χ1n) is 9.60. The van der Waals surface area contributed by atoms with Crippen LogP contribution in [0.25, 0.3) is 0 Å². The van der Waals surface area contributed by atoms with Crippen molar-refractivity contribution in [3.8, 4) is 0 Å². The number of carbonyl (C=O) groups excluding carboxylic acids is 1. The molecule has 0 unspecified atom stereocenters. The van der Waals surface area contributed by atoms with Crippen LogP contribution < -0.4 is 0 Å². The normalized spacial score (nSPS) is 24.0. The fraction of sp³-hybridized carbons (Fsp3) is 0.947. The third-order valence-electron chi connectivity index (χ3n) is 5.11. The molecule has 22 heavy (non-hydrogen) atoms. The van der Waals surface area contributed by atoms with Crippen LogP contribution in [0.5, 0.6) is 0 Å². The molecule has 1 atom stereocenters. The maximum atomic E-state index is 12.2. The van der Waals surface area contributed by atoms with E-state index < -0.39 is 5.79 Å². The fourth-order valence-corrected chi connectivity index (χ4v) is 3.66. The third-order valence-corrected chi connectivity index (χ3v) is 5.11. The Morgan fingerprint density at radius 3 is 2.27 bits per heavy atom. The molecular weight excluding hydrogens is 276 g/mol. The highest BCUT2D eigenvalue weighted by Gasteiger charge is 2.44. The minimum Gasteiger partial charge on any atom is -0.347 e. The van der Waals surface area contributed by atoms with Gasteiger partial charge < -0.3 is 9.47 Å². The Kier molecular flexibility index (Phi) is 7.88. The van der Waals surface area contributed by atoms with E-state index in [1.165, 1.54) is 64.2 Å². The summed E-state index contributed by atoms with van der Waals surface area (Å²) in [4.78, 5) is 12.2. The minimum atomic E-state index is -0.405. The number of ketones is 1. The number of Topliss-reactive ketones (excluding diaryl/α,β-unsaturated/α-hetero) is 1. The van der Waals surface area contributed by atoms with E-state index in [1.807, 2.05) is 0 Å². The number of rotatable bonds is 10. The predicted molar refractivity (Wildman–Crippen MR) is 88.9 cm³/mol. The number of carbonyl (C=O) groups is 1. The van der Waals surface area contributed by atoms with Crippen LogP contribution in [0.4, 0.5) is 0 Å². The summed E-state index contributed by atoms with van der Waals surface area (Å²) in [6.45, 7) is 2.73. The molecule has 2 aliphatic rings. The molecule has 0 aromatic heterocycles. The second kappa shape index (κ2) is 9.67. The maximum absolute atomic E-state index is 12.2. The monoisotopic (exact) mass is 310 g/mol. The molecule has 3 heteroatoms. The molecule has 1 spiro atoms. The molecule has 3 nitrogen and oxygen atoms in total. The molecule has 1 saturated carbocycles. The van der Waals surface area contributed by atoms with Crippen LogP contribution in [-0.4, -0.2) is 24.3 Å². The van der Waals surface area contributed by atoms with Gasteiger partial charge in [-0.05, 0) is 19.3 Å². The molecule has 128 valence electrons. The van der Waals surface area contributed by atoms with Gasteiger partial charge in [0.1, 0.15) is 6.10 Å². The lowest BCUT2D eigenvalue weighted by molar-refractivity contribution is -0.188. The summed E-state index contributed by atoms with van der Waals surface area (Å²) in [6, 6.07) is 0. The lowest BCUT2D eigenvalue weighted by atomic mass is 9.94. The van der Waals surface area contributed by atoms with Gasteiger partial charge in [0.25, 0.3) is 0 Å². The molecule has 1 aliphatic carbocycles. The fourth-order valence-electron chi connectivity index (χ4n) is 3.66. The van der Waals surface area contributed by atoms with E-state index in [9.17, 15) is 4.79 Å². The molecule has 2 fully saturated rings. The number of ether oxygens (including phenoxy) is 2. The van der Waals surface area contributed by atoms with Crippen LogP contribution in [0.3, 0.4) is 0 Å². The molecule has 0 radical (unpaired) electrons. The predicted octanol–water partition coefficient (Wildman–Crippen LogP) is 5.16. The van der Waals surface area contributed by atoms with Gasteiger partial charge >= 0.3 is 0 Å². The highest BCUT2D eigenvalue weighted by Crippen LogP contribution is 2.38. The molecule has 0 bridgehead atoms. The Labute approximate surface area is 136 Å². The molecule has 0 aromatic carbocycles. The quantitative estimate of drug-likeness (QED) is 0.523. The zero-order valence-electron chi connectivity index (χ0n) is 14.4. The Morgan fingerprint density at radius 1 is 0.955 bits per heavy atom. The largest absolute Gasteiger partial charge is 0.347 e.